The molecule has 0 amide bonds. The Morgan fingerprint density at radius 2 is 2.38 bits per heavy atom. The molecule has 13 heavy (non-hydrogen) atoms. The van der Waals surface area contributed by atoms with E-state index in [1.807, 2.05) is 6.20 Å². The fourth-order valence-corrected chi connectivity index (χ4v) is 1.90. The van der Waals surface area contributed by atoms with Gasteiger partial charge in [0, 0.05) is 12.4 Å². The molecule has 2 nitrogen and oxygen atoms in total. The number of hydrogen-bond acceptors (Lipinski definition) is 1. The lowest BCUT2D eigenvalue weighted by Gasteiger charge is -2.05. The van der Waals surface area contributed by atoms with Gasteiger partial charge in [0.1, 0.15) is 0 Å². The molecule has 0 aromatic carbocycles. The molecular formula is C9H14BrClN2. The van der Waals surface area contributed by atoms with E-state index in [2.05, 4.69) is 32.6 Å². The van der Waals surface area contributed by atoms with Crippen LogP contribution in [0.15, 0.2) is 10.7 Å². The van der Waals surface area contributed by atoms with Gasteiger partial charge in [0.2, 0.25) is 0 Å². The summed E-state index contributed by atoms with van der Waals surface area (Å²) in [7, 11) is 0. The predicted molar refractivity (Wildman–Crippen MR) is 59.3 cm³/mol. The van der Waals surface area contributed by atoms with E-state index in [0.717, 1.165) is 30.3 Å². The third kappa shape index (κ3) is 2.99. The quantitative estimate of drug-likeness (QED) is 0.748. The third-order valence-electron chi connectivity index (χ3n) is 1.88. The van der Waals surface area contributed by atoms with Crippen LogP contribution >= 0.6 is 27.5 Å². The Hall–Kier alpha value is -0.0200. The average Bonchev–Trinajstić information content (AvgIpc) is 2.45. The van der Waals surface area contributed by atoms with Crippen LogP contribution in [0.4, 0.5) is 0 Å². The topological polar surface area (TPSA) is 17.8 Å². The highest BCUT2D eigenvalue weighted by molar-refractivity contribution is 9.10. The van der Waals surface area contributed by atoms with Crippen LogP contribution in [0.3, 0.4) is 0 Å². The van der Waals surface area contributed by atoms with Crippen molar-refractivity contribution >= 4 is 27.5 Å². The Labute approximate surface area is 92.4 Å². The van der Waals surface area contributed by atoms with Crippen molar-refractivity contribution in [3.8, 4) is 0 Å². The zero-order valence-electron chi connectivity index (χ0n) is 7.76. The van der Waals surface area contributed by atoms with Crippen LogP contribution in [0.1, 0.15) is 25.5 Å². The van der Waals surface area contributed by atoms with Gasteiger partial charge in [-0.3, -0.25) is 4.68 Å². The van der Waals surface area contributed by atoms with Gasteiger partial charge in [0.05, 0.1) is 16.4 Å². The third-order valence-corrected chi connectivity index (χ3v) is 2.81. The average molecular weight is 266 g/mol. The Kier molecular flexibility index (Phi) is 4.81. The second-order valence-electron chi connectivity index (χ2n) is 2.95. The van der Waals surface area contributed by atoms with Crippen molar-refractivity contribution in [1.29, 1.82) is 0 Å². The number of halogens is 2. The SMILES string of the molecule is CCCn1ncc(Br)c1CCCCl. The molecule has 0 aliphatic rings. The standard InChI is InChI=1S/C9H14BrClN2/c1-2-6-13-9(4-3-5-11)8(10)7-12-13/h7H,2-6H2,1H3. The molecule has 0 saturated heterocycles. The second-order valence-corrected chi connectivity index (χ2v) is 4.19. The molecule has 1 aromatic rings. The maximum atomic E-state index is 5.66. The van der Waals surface area contributed by atoms with E-state index in [1.54, 1.807) is 0 Å². The van der Waals surface area contributed by atoms with Crippen LogP contribution in [0.5, 0.6) is 0 Å². The Balaban J connectivity index is 2.69. The Bertz CT molecular complexity index is 260. The van der Waals surface area contributed by atoms with Crippen LogP contribution < -0.4 is 0 Å². The van der Waals surface area contributed by atoms with Crippen molar-refractivity contribution in [2.24, 2.45) is 0 Å². The van der Waals surface area contributed by atoms with Gasteiger partial charge >= 0.3 is 0 Å². The molecule has 4 heteroatoms. The minimum absolute atomic E-state index is 0.712. The van der Waals surface area contributed by atoms with Gasteiger partial charge in [-0.2, -0.15) is 5.10 Å². The van der Waals surface area contributed by atoms with Gasteiger partial charge in [0.15, 0.2) is 0 Å². The summed E-state index contributed by atoms with van der Waals surface area (Å²) in [4.78, 5) is 0. The van der Waals surface area contributed by atoms with E-state index in [-0.39, 0.29) is 0 Å². The van der Waals surface area contributed by atoms with Crippen LogP contribution in [0.25, 0.3) is 0 Å². The zero-order chi connectivity index (χ0) is 9.68. The maximum absolute atomic E-state index is 5.66. The number of aryl methyl sites for hydroxylation is 1. The number of aromatic nitrogens is 2. The lowest BCUT2D eigenvalue weighted by molar-refractivity contribution is 0.570. The predicted octanol–water partition coefficient (Wildman–Crippen LogP) is 3.23. The van der Waals surface area contributed by atoms with Crippen molar-refractivity contribution in [3.05, 3.63) is 16.4 Å². The monoisotopic (exact) mass is 264 g/mol. The van der Waals surface area contributed by atoms with Crippen molar-refractivity contribution in [1.82, 2.24) is 9.78 Å². The van der Waals surface area contributed by atoms with Gasteiger partial charge in [-0.15, -0.1) is 11.6 Å². The highest BCUT2D eigenvalue weighted by Crippen LogP contribution is 2.18. The van der Waals surface area contributed by atoms with E-state index in [1.165, 1.54) is 5.69 Å². The lowest BCUT2D eigenvalue weighted by Crippen LogP contribution is -2.04. The van der Waals surface area contributed by atoms with Crippen molar-refractivity contribution in [3.63, 3.8) is 0 Å². The molecule has 74 valence electrons. The summed E-state index contributed by atoms with van der Waals surface area (Å²) >= 11 is 9.15. The van der Waals surface area contributed by atoms with Crippen LogP contribution in [0, 0.1) is 0 Å². The fourth-order valence-electron chi connectivity index (χ4n) is 1.28. The van der Waals surface area contributed by atoms with Crippen molar-refractivity contribution in [2.75, 3.05) is 5.88 Å². The normalized spacial score (nSPS) is 10.7. The molecule has 0 aliphatic heterocycles. The molecule has 0 radical (unpaired) electrons. The smallest absolute Gasteiger partial charge is 0.0635 e. The van der Waals surface area contributed by atoms with E-state index < -0.39 is 0 Å². The minimum atomic E-state index is 0.712. The number of hydrogen-bond donors (Lipinski definition) is 0. The fraction of sp³-hybridized carbons (Fsp3) is 0.667. The molecule has 0 atom stereocenters. The van der Waals surface area contributed by atoms with E-state index in [0.29, 0.717) is 5.88 Å². The second kappa shape index (κ2) is 5.66. The first-order chi connectivity index (χ1) is 6.29. The number of nitrogens with zero attached hydrogens (tertiary/aromatic N) is 2. The largest absolute Gasteiger partial charge is 0.268 e. The minimum Gasteiger partial charge on any atom is -0.268 e. The van der Waals surface area contributed by atoms with Gasteiger partial charge in [-0.05, 0) is 35.2 Å². The summed E-state index contributed by atoms with van der Waals surface area (Å²) in [5.74, 6) is 0.712. The first-order valence-electron chi connectivity index (χ1n) is 4.55. The molecule has 1 aromatic heterocycles. The molecule has 0 bridgehead atoms. The molecule has 0 saturated carbocycles. The highest BCUT2D eigenvalue weighted by Gasteiger charge is 2.06. The molecule has 1 rings (SSSR count). The molecule has 0 unspecified atom stereocenters. The molecule has 0 aliphatic carbocycles. The summed E-state index contributed by atoms with van der Waals surface area (Å²) in [5.41, 5.74) is 1.27. The molecule has 0 N–H and O–H groups in total. The Morgan fingerprint density at radius 3 is 3.00 bits per heavy atom. The molecule has 0 fully saturated rings. The van der Waals surface area contributed by atoms with Crippen LogP contribution in [-0.2, 0) is 13.0 Å². The lowest BCUT2D eigenvalue weighted by atomic mass is 10.2. The zero-order valence-corrected chi connectivity index (χ0v) is 10.1. The number of alkyl halides is 1. The first-order valence-corrected chi connectivity index (χ1v) is 5.88. The van der Waals surface area contributed by atoms with Gasteiger partial charge in [-0.25, -0.2) is 0 Å². The molecule has 1 heterocycles. The summed E-state index contributed by atoms with van der Waals surface area (Å²) in [5, 5.41) is 4.29. The van der Waals surface area contributed by atoms with Gasteiger partial charge in [0.25, 0.3) is 0 Å². The van der Waals surface area contributed by atoms with Gasteiger partial charge in [-0.1, -0.05) is 6.92 Å². The van der Waals surface area contributed by atoms with Crippen molar-refractivity contribution in [2.45, 2.75) is 32.7 Å². The molecular weight excluding hydrogens is 251 g/mol. The van der Waals surface area contributed by atoms with Gasteiger partial charge < -0.3 is 0 Å². The number of rotatable bonds is 5. The van der Waals surface area contributed by atoms with Crippen molar-refractivity contribution < 1.29 is 0 Å². The Morgan fingerprint density at radius 1 is 1.62 bits per heavy atom. The van der Waals surface area contributed by atoms with Crippen LogP contribution in [-0.4, -0.2) is 15.7 Å². The molecule has 0 spiro atoms. The summed E-state index contributed by atoms with van der Waals surface area (Å²) in [6, 6.07) is 0. The summed E-state index contributed by atoms with van der Waals surface area (Å²) in [6.07, 6.45) is 4.99. The highest BCUT2D eigenvalue weighted by atomic mass is 79.9. The summed E-state index contributed by atoms with van der Waals surface area (Å²) < 4.78 is 3.16. The van der Waals surface area contributed by atoms with Crippen LogP contribution in [0.2, 0.25) is 0 Å². The van der Waals surface area contributed by atoms with E-state index in [4.69, 9.17) is 11.6 Å². The van der Waals surface area contributed by atoms with E-state index >= 15 is 0 Å². The maximum Gasteiger partial charge on any atom is 0.0635 e. The first kappa shape index (κ1) is 11.1. The van der Waals surface area contributed by atoms with E-state index in [9.17, 15) is 0 Å². The summed E-state index contributed by atoms with van der Waals surface area (Å²) in [6.45, 7) is 3.14.